The smallest absolute Gasteiger partial charge is 0.344 e. The van der Waals surface area contributed by atoms with Crippen LogP contribution >= 0.6 is 11.8 Å². The van der Waals surface area contributed by atoms with Crippen LogP contribution in [0.5, 0.6) is 0 Å². The number of hydrogen-bond acceptors (Lipinski definition) is 6. The van der Waals surface area contributed by atoms with Gasteiger partial charge in [0.1, 0.15) is 17.4 Å². The maximum atomic E-state index is 12.2. The molecule has 0 radical (unpaired) electrons. The Kier molecular flexibility index (Phi) is 8.98. The molecule has 2 aromatic rings. The van der Waals surface area contributed by atoms with Crippen molar-refractivity contribution in [3.8, 4) is 0 Å². The molecule has 1 atom stereocenters. The van der Waals surface area contributed by atoms with E-state index in [9.17, 15) is 9.59 Å². The second-order valence-corrected chi connectivity index (χ2v) is 9.29. The number of benzene rings is 2. The molecule has 1 fully saturated rings. The summed E-state index contributed by atoms with van der Waals surface area (Å²) in [4.78, 5) is 30.6. The number of aliphatic imine (C=N–C) groups is 1. The maximum Gasteiger partial charge on any atom is 0.344 e. The third-order valence-corrected chi connectivity index (χ3v) is 6.74. The van der Waals surface area contributed by atoms with Crippen LogP contribution in [0.4, 0.5) is 0 Å². The first kappa shape index (κ1) is 25.3. The highest BCUT2D eigenvalue weighted by molar-refractivity contribution is 8.15. The van der Waals surface area contributed by atoms with Crippen molar-refractivity contribution < 1.29 is 19.1 Å². The first-order valence-electron chi connectivity index (χ1n) is 11.8. The Morgan fingerprint density at radius 1 is 1.14 bits per heavy atom. The fraction of sp³-hybridized carbons (Fsp3) is 0.241. The number of thioether (sulfide) groups is 1. The first-order valence-corrected chi connectivity index (χ1v) is 12.7. The van der Waals surface area contributed by atoms with Gasteiger partial charge in [-0.3, -0.25) is 4.99 Å². The predicted molar refractivity (Wildman–Crippen MR) is 143 cm³/mol. The Bertz CT molecular complexity index is 1230. The molecular weight excluding hydrogens is 472 g/mol. The van der Waals surface area contributed by atoms with E-state index in [1.807, 2.05) is 89.9 Å². The van der Waals surface area contributed by atoms with Crippen molar-refractivity contribution in [3.05, 3.63) is 113 Å². The summed E-state index contributed by atoms with van der Waals surface area (Å²) in [5.74, 6) is 2.46. The van der Waals surface area contributed by atoms with Crippen molar-refractivity contribution in [3.63, 3.8) is 0 Å². The zero-order chi connectivity index (χ0) is 25.2. The Balaban J connectivity index is 1.53. The number of carbonyl (C=O) groups is 1. The van der Waals surface area contributed by atoms with E-state index in [1.54, 1.807) is 18.7 Å². The number of carbonyl (C=O) groups excluding carboxylic acids is 2. The summed E-state index contributed by atoms with van der Waals surface area (Å²) in [6.07, 6.45) is 8.27. The second-order valence-electron chi connectivity index (χ2n) is 8.19. The lowest BCUT2D eigenvalue weighted by Gasteiger charge is -2.19. The van der Waals surface area contributed by atoms with Crippen LogP contribution in [-0.2, 0) is 32.2 Å². The van der Waals surface area contributed by atoms with Gasteiger partial charge in [-0.1, -0.05) is 90.7 Å². The zero-order valence-corrected chi connectivity index (χ0v) is 20.9. The molecule has 0 saturated carbocycles. The van der Waals surface area contributed by atoms with Crippen LogP contribution in [0, 0.1) is 0 Å². The highest BCUT2D eigenvalue weighted by Gasteiger charge is 2.34. The molecule has 0 amide bonds. The van der Waals surface area contributed by atoms with Crippen LogP contribution in [0.1, 0.15) is 24.5 Å². The van der Waals surface area contributed by atoms with E-state index in [-0.39, 0.29) is 11.9 Å². The maximum absolute atomic E-state index is 12.2. The molecule has 0 aromatic heterocycles. The zero-order valence-electron chi connectivity index (χ0n) is 20.1. The summed E-state index contributed by atoms with van der Waals surface area (Å²) in [5.41, 5.74) is 3.72. The molecule has 184 valence electrons. The number of ether oxygens (including phenoxy) is 2. The molecule has 4 rings (SSSR count). The normalized spacial score (nSPS) is 19.4. The lowest BCUT2D eigenvalue weighted by molar-refractivity contribution is -0.147. The topological polar surface area (TPSA) is 68.2 Å². The molecule has 1 unspecified atom stereocenters. The minimum atomic E-state index is -0.396. The Hall–Kier alpha value is -3.80. The average Bonchev–Trinajstić information content (AvgIpc) is 3.23. The first-order chi connectivity index (χ1) is 17.7. The van der Waals surface area contributed by atoms with Gasteiger partial charge in [-0.05, 0) is 29.7 Å². The quantitative estimate of drug-likeness (QED) is 0.347. The van der Waals surface area contributed by atoms with Crippen molar-refractivity contribution in [2.24, 2.45) is 4.99 Å². The van der Waals surface area contributed by atoms with Crippen molar-refractivity contribution in [1.29, 1.82) is 0 Å². The molecule has 1 aliphatic heterocycles. The van der Waals surface area contributed by atoms with Gasteiger partial charge in [0.2, 0.25) is 0 Å². The molecule has 1 aliphatic carbocycles. The Morgan fingerprint density at radius 2 is 1.86 bits per heavy atom. The fourth-order valence-corrected chi connectivity index (χ4v) is 5.05. The number of hydrogen-bond donors (Lipinski definition) is 0. The van der Waals surface area contributed by atoms with Gasteiger partial charge in [-0.15, -0.1) is 0 Å². The van der Waals surface area contributed by atoms with E-state index in [0.29, 0.717) is 37.6 Å². The summed E-state index contributed by atoms with van der Waals surface area (Å²) >= 11 is 1.54. The van der Waals surface area contributed by atoms with E-state index in [1.165, 1.54) is 0 Å². The van der Waals surface area contributed by atoms with E-state index in [0.717, 1.165) is 21.9 Å². The SMILES string of the molecule is CCOC(=O)COC1=CC=CC(=CC2SC(=NCc3ccccc3)N(Cc3ccccc3)C2=C=O)C1. The largest absolute Gasteiger partial charge is 0.486 e. The van der Waals surface area contributed by atoms with Gasteiger partial charge < -0.3 is 14.4 Å². The van der Waals surface area contributed by atoms with Crippen LogP contribution in [-0.4, -0.2) is 40.4 Å². The lowest BCUT2D eigenvalue weighted by atomic mass is 10.0. The van der Waals surface area contributed by atoms with Crippen molar-refractivity contribution in [2.75, 3.05) is 13.2 Å². The summed E-state index contributed by atoms with van der Waals surface area (Å²) in [6.45, 7) is 3.02. The van der Waals surface area contributed by atoms with Crippen molar-refractivity contribution in [1.82, 2.24) is 4.90 Å². The third-order valence-electron chi connectivity index (χ3n) is 5.57. The van der Waals surface area contributed by atoms with Gasteiger partial charge in [0.25, 0.3) is 0 Å². The molecule has 0 N–H and O–H groups in total. The molecule has 36 heavy (non-hydrogen) atoms. The van der Waals surface area contributed by atoms with Gasteiger partial charge in [-0.2, -0.15) is 0 Å². The minimum absolute atomic E-state index is 0.125. The molecule has 6 nitrogen and oxygen atoms in total. The van der Waals surface area contributed by atoms with Gasteiger partial charge >= 0.3 is 5.97 Å². The highest BCUT2D eigenvalue weighted by atomic mass is 32.2. The molecular formula is C29H28N2O4S. The number of esters is 1. The Morgan fingerprint density at radius 3 is 2.56 bits per heavy atom. The number of allylic oxidation sites excluding steroid dienone is 4. The average molecular weight is 501 g/mol. The predicted octanol–water partition coefficient (Wildman–Crippen LogP) is 5.23. The Labute approximate surface area is 215 Å². The van der Waals surface area contributed by atoms with Gasteiger partial charge in [0.05, 0.1) is 24.9 Å². The molecule has 1 heterocycles. The van der Waals surface area contributed by atoms with Gasteiger partial charge in [0.15, 0.2) is 11.8 Å². The van der Waals surface area contributed by atoms with Crippen molar-refractivity contribution in [2.45, 2.75) is 31.7 Å². The van der Waals surface area contributed by atoms with Crippen LogP contribution in [0.3, 0.4) is 0 Å². The molecule has 7 heteroatoms. The molecule has 0 spiro atoms. The number of amidine groups is 1. The molecule has 0 bridgehead atoms. The molecule has 1 saturated heterocycles. The number of nitrogens with zero attached hydrogens (tertiary/aromatic N) is 2. The summed E-state index contributed by atoms with van der Waals surface area (Å²) in [5, 5.41) is 0.557. The van der Waals surface area contributed by atoms with Crippen LogP contribution in [0.15, 0.2) is 107 Å². The minimum Gasteiger partial charge on any atom is -0.486 e. The molecule has 2 aliphatic rings. The standard InChI is InChI=1S/C29H28N2O4S/c1-2-34-28(33)21-35-25-15-9-14-24(16-25)17-27-26(20-32)31(19-23-12-7-4-8-13-23)29(36-27)30-18-22-10-5-3-6-11-22/h3-15,17,27H,2,16,18-19,21H2,1H3. The summed E-state index contributed by atoms with van der Waals surface area (Å²) in [7, 11) is 0. The van der Waals surface area contributed by atoms with Gasteiger partial charge in [0, 0.05) is 6.42 Å². The summed E-state index contributed by atoms with van der Waals surface area (Å²) < 4.78 is 10.6. The van der Waals surface area contributed by atoms with Crippen LogP contribution < -0.4 is 0 Å². The van der Waals surface area contributed by atoms with E-state index in [4.69, 9.17) is 14.5 Å². The number of rotatable bonds is 9. The second kappa shape index (κ2) is 12.8. The molecule has 2 aromatic carbocycles. The fourth-order valence-electron chi connectivity index (χ4n) is 3.86. The monoisotopic (exact) mass is 500 g/mol. The third kappa shape index (κ3) is 6.87. The highest BCUT2D eigenvalue weighted by Crippen LogP contribution is 2.37. The van der Waals surface area contributed by atoms with Crippen LogP contribution in [0.2, 0.25) is 0 Å². The van der Waals surface area contributed by atoms with Crippen LogP contribution in [0.25, 0.3) is 0 Å². The lowest BCUT2D eigenvalue weighted by Crippen LogP contribution is -2.24. The van der Waals surface area contributed by atoms with Crippen molar-refractivity contribution >= 4 is 28.8 Å². The van der Waals surface area contributed by atoms with E-state index >= 15 is 0 Å². The van der Waals surface area contributed by atoms with Gasteiger partial charge in [-0.25, -0.2) is 9.59 Å². The van der Waals surface area contributed by atoms with E-state index in [2.05, 4.69) is 5.94 Å². The summed E-state index contributed by atoms with van der Waals surface area (Å²) in [6, 6.07) is 20.1. The van der Waals surface area contributed by atoms with E-state index < -0.39 is 5.97 Å².